The second-order valence-corrected chi connectivity index (χ2v) is 4.99. The predicted octanol–water partition coefficient (Wildman–Crippen LogP) is 1.31. The molecular weight excluding hydrogens is 218 g/mol. The van der Waals surface area contributed by atoms with E-state index in [9.17, 15) is 4.79 Å². The first-order valence-corrected chi connectivity index (χ1v) is 5.97. The minimum Gasteiger partial charge on any atom is -0.381 e. The van der Waals surface area contributed by atoms with Gasteiger partial charge in [0.15, 0.2) is 0 Å². The summed E-state index contributed by atoms with van der Waals surface area (Å²) < 4.78 is 5.36. The average Bonchev–Trinajstić information content (AvgIpc) is 2.26. The fraction of sp³-hybridized carbons (Fsp3) is 0.667. The molecule has 0 spiro atoms. The molecule has 1 aliphatic heterocycles. The zero-order chi connectivity index (χ0) is 12.3. The van der Waals surface area contributed by atoms with Gasteiger partial charge in [-0.15, -0.1) is 0 Å². The molecule has 0 aliphatic carbocycles. The Morgan fingerprint density at radius 2 is 2.24 bits per heavy atom. The lowest BCUT2D eigenvalue weighted by atomic mass is 9.82. The third-order valence-corrected chi connectivity index (χ3v) is 3.26. The van der Waals surface area contributed by atoms with Gasteiger partial charge >= 0.3 is 0 Å². The van der Waals surface area contributed by atoms with Crippen LogP contribution in [0.3, 0.4) is 0 Å². The lowest BCUT2D eigenvalue weighted by molar-refractivity contribution is 0.0299. The number of rotatable bonds is 3. The van der Waals surface area contributed by atoms with E-state index in [1.807, 2.05) is 0 Å². The Bertz CT molecular complexity index is 436. The molecule has 1 aromatic rings. The number of aryl methyl sites for hydroxylation is 1. The van der Waals surface area contributed by atoms with Crippen LogP contribution in [-0.4, -0.2) is 29.7 Å². The SMILES string of the molecule is Cc1nc(NCC2(C)CCOCC2)cc(=O)[nH]1. The van der Waals surface area contributed by atoms with E-state index in [1.165, 1.54) is 6.07 Å². The number of nitrogens with one attached hydrogen (secondary N) is 2. The van der Waals surface area contributed by atoms with E-state index in [-0.39, 0.29) is 11.0 Å². The van der Waals surface area contributed by atoms with Crippen LogP contribution in [0, 0.1) is 12.3 Å². The van der Waals surface area contributed by atoms with Crippen molar-refractivity contribution in [2.75, 3.05) is 25.1 Å². The molecule has 0 unspecified atom stereocenters. The third-order valence-electron chi connectivity index (χ3n) is 3.26. The molecule has 0 bridgehead atoms. The largest absolute Gasteiger partial charge is 0.381 e. The topological polar surface area (TPSA) is 67.0 Å². The van der Waals surface area contributed by atoms with Gasteiger partial charge in [-0.05, 0) is 25.2 Å². The van der Waals surface area contributed by atoms with Crippen molar-refractivity contribution in [2.24, 2.45) is 5.41 Å². The van der Waals surface area contributed by atoms with Gasteiger partial charge in [0.1, 0.15) is 11.6 Å². The molecule has 1 aliphatic rings. The van der Waals surface area contributed by atoms with Crippen LogP contribution in [0.25, 0.3) is 0 Å². The second kappa shape index (κ2) is 4.87. The maximum Gasteiger partial charge on any atom is 0.252 e. The Hall–Kier alpha value is -1.36. The van der Waals surface area contributed by atoms with Crippen molar-refractivity contribution in [1.29, 1.82) is 0 Å². The first kappa shape index (κ1) is 12.1. The molecule has 94 valence electrons. The van der Waals surface area contributed by atoms with Gasteiger partial charge < -0.3 is 15.0 Å². The van der Waals surface area contributed by atoms with Gasteiger partial charge in [0.2, 0.25) is 0 Å². The van der Waals surface area contributed by atoms with Gasteiger partial charge in [-0.25, -0.2) is 4.98 Å². The molecule has 0 radical (unpaired) electrons. The summed E-state index contributed by atoms with van der Waals surface area (Å²) in [4.78, 5) is 18.2. The Morgan fingerprint density at radius 3 is 2.88 bits per heavy atom. The Kier molecular flexibility index (Phi) is 3.47. The normalized spacial score (nSPS) is 18.9. The number of anilines is 1. The third kappa shape index (κ3) is 3.30. The standard InChI is InChI=1S/C12H19N3O2/c1-9-14-10(7-11(16)15-9)13-8-12(2)3-5-17-6-4-12/h7H,3-6,8H2,1-2H3,(H2,13,14,15,16). The highest BCUT2D eigenvalue weighted by molar-refractivity contribution is 5.33. The van der Waals surface area contributed by atoms with Crippen LogP contribution in [0.15, 0.2) is 10.9 Å². The summed E-state index contributed by atoms with van der Waals surface area (Å²) in [5, 5.41) is 3.25. The van der Waals surface area contributed by atoms with Crippen molar-refractivity contribution in [1.82, 2.24) is 9.97 Å². The van der Waals surface area contributed by atoms with Crippen LogP contribution in [0.2, 0.25) is 0 Å². The highest BCUT2D eigenvalue weighted by Gasteiger charge is 2.27. The van der Waals surface area contributed by atoms with Crippen molar-refractivity contribution < 1.29 is 4.74 Å². The van der Waals surface area contributed by atoms with Gasteiger partial charge in [-0.3, -0.25) is 4.79 Å². The van der Waals surface area contributed by atoms with Crippen LogP contribution in [-0.2, 0) is 4.74 Å². The number of ether oxygens (including phenoxy) is 1. The average molecular weight is 237 g/mol. The van der Waals surface area contributed by atoms with E-state index >= 15 is 0 Å². The van der Waals surface area contributed by atoms with Crippen LogP contribution >= 0.6 is 0 Å². The molecule has 2 heterocycles. The van der Waals surface area contributed by atoms with E-state index < -0.39 is 0 Å². The summed E-state index contributed by atoms with van der Waals surface area (Å²) in [5.41, 5.74) is 0.119. The molecular formula is C12H19N3O2. The summed E-state index contributed by atoms with van der Waals surface area (Å²) >= 11 is 0. The summed E-state index contributed by atoms with van der Waals surface area (Å²) in [6, 6.07) is 1.50. The summed E-state index contributed by atoms with van der Waals surface area (Å²) in [7, 11) is 0. The van der Waals surface area contributed by atoms with Gasteiger partial charge in [-0.2, -0.15) is 0 Å². The molecule has 5 heteroatoms. The van der Waals surface area contributed by atoms with E-state index in [1.54, 1.807) is 6.92 Å². The minimum atomic E-state index is -0.114. The molecule has 0 aromatic carbocycles. The van der Waals surface area contributed by atoms with E-state index in [0.29, 0.717) is 11.6 Å². The first-order chi connectivity index (χ1) is 8.07. The number of nitrogens with zero attached hydrogens (tertiary/aromatic N) is 1. The Labute approximate surface area is 101 Å². The summed E-state index contributed by atoms with van der Waals surface area (Å²) in [6.07, 6.45) is 2.09. The summed E-state index contributed by atoms with van der Waals surface area (Å²) in [6.45, 7) is 6.48. The van der Waals surface area contributed by atoms with Crippen molar-refractivity contribution >= 4 is 5.82 Å². The smallest absolute Gasteiger partial charge is 0.252 e. The zero-order valence-corrected chi connectivity index (χ0v) is 10.4. The second-order valence-electron chi connectivity index (χ2n) is 4.99. The summed E-state index contributed by atoms with van der Waals surface area (Å²) in [5.74, 6) is 1.29. The van der Waals surface area contributed by atoms with Gasteiger partial charge in [0.05, 0.1) is 0 Å². The van der Waals surface area contributed by atoms with Crippen LogP contribution in [0.4, 0.5) is 5.82 Å². The van der Waals surface area contributed by atoms with E-state index in [2.05, 4.69) is 22.2 Å². The van der Waals surface area contributed by atoms with Crippen LogP contribution in [0.5, 0.6) is 0 Å². The maximum atomic E-state index is 11.3. The van der Waals surface area contributed by atoms with Crippen LogP contribution < -0.4 is 10.9 Å². The van der Waals surface area contributed by atoms with Gasteiger partial charge in [-0.1, -0.05) is 6.92 Å². The molecule has 0 atom stereocenters. The molecule has 1 fully saturated rings. The van der Waals surface area contributed by atoms with E-state index in [4.69, 9.17) is 4.74 Å². The fourth-order valence-electron chi connectivity index (χ4n) is 2.01. The molecule has 2 N–H and O–H groups in total. The van der Waals surface area contributed by atoms with Crippen LogP contribution in [0.1, 0.15) is 25.6 Å². The molecule has 17 heavy (non-hydrogen) atoms. The Morgan fingerprint density at radius 1 is 1.53 bits per heavy atom. The molecule has 5 nitrogen and oxygen atoms in total. The molecule has 0 saturated carbocycles. The van der Waals surface area contributed by atoms with E-state index in [0.717, 1.165) is 32.6 Å². The molecule has 0 amide bonds. The fourth-order valence-corrected chi connectivity index (χ4v) is 2.01. The Balaban J connectivity index is 1.99. The lowest BCUT2D eigenvalue weighted by Crippen LogP contribution is -2.33. The van der Waals surface area contributed by atoms with Crippen molar-refractivity contribution in [3.8, 4) is 0 Å². The van der Waals surface area contributed by atoms with Gasteiger partial charge in [0, 0.05) is 25.8 Å². The highest BCUT2D eigenvalue weighted by atomic mass is 16.5. The van der Waals surface area contributed by atoms with Crippen molar-refractivity contribution in [3.63, 3.8) is 0 Å². The molecule has 1 saturated heterocycles. The number of hydrogen-bond donors (Lipinski definition) is 2. The number of hydrogen-bond acceptors (Lipinski definition) is 4. The quantitative estimate of drug-likeness (QED) is 0.831. The number of H-pyrrole nitrogens is 1. The monoisotopic (exact) mass is 237 g/mol. The number of aromatic nitrogens is 2. The van der Waals surface area contributed by atoms with Crippen molar-refractivity contribution in [2.45, 2.75) is 26.7 Å². The molecule has 1 aromatic heterocycles. The van der Waals surface area contributed by atoms with Gasteiger partial charge in [0.25, 0.3) is 5.56 Å². The van der Waals surface area contributed by atoms with Crippen molar-refractivity contribution in [3.05, 3.63) is 22.2 Å². The maximum absolute atomic E-state index is 11.3. The highest BCUT2D eigenvalue weighted by Crippen LogP contribution is 2.29. The zero-order valence-electron chi connectivity index (χ0n) is 10.4. The first-order valence-electron chi connectivity index (χ1n) is 5.97. The lowest BCUT2D eigenvalue weighted by Gasteiger charge is -2.33. The molecule has 2 rings (SSSR count). The minimum absolute atomic E-state index is 0.114. The predicted molar refractivity (Wildman–Crippen MR) is 66.2 cm³/mol. The number of aromatic amines is 1.